The van der Waals surface area contributed by atoms with Crippen LogP contribution in [0, 0.1) is 20.8 Å². The van der Waals surface area contributed by atoms with Gasteiger partial charge < -0.3 is 15.4 Å². The molecule has 0 spiro atoms. The maximum Gasteiger partial charge on any atom is 0.340 e. The molecule has 0 saturated carbocycles. The van der Waals surface area contributed by atoms with E-state index >= 15 is 0 Å². The summed E-state index contributed by atoms with van der Waals surface area (Å²) in [5.74, 6) is -1.05. The molecule has 2 N–H and O–H groups in total. The molecule has 0 atom stereocenters. The van der Waals surface area contributed by atoms with Crippen LogP contribution < -0.4 is 10.6 Å². The third-order valence-corrected chi connectivity index (χ3v) is 5.07. The summed E-state index contributed by atoms with van der Waals surface area (Å²) in [7, 11) is 0. The minimum atomic E-state index is -0.589. The van der Waals surface area contributed by atoms with Crippen molar-refractivity contribution in [2.24, 2.45) is 0 Å². The van der Waals surface area contributed by atoms with Crippen molar-refractivity contribution < 1.29 is 14.3 Å². The molecular formula is C24H23ClN2O3. The number of ether oxygens (including phenoxy) is 1. The predicted octanol–water partition coefficient (Wildman–Crippen LogP) is 5.80. The van der Waals surface area contributed by atoms with Crippen LogP contribution in [0.5, 0.6) is 0 Å². The Labute approximate surface area is 181 Å². The van der Waals surface area contributed by atoms with E-state index < -0.39 is 18.5 Å². The van der Waals surface area contributed by atoms with Gasteiger partial charge in [0.2, 0.25) is 0 Å². The molecule has 0 heterocycles. The Morgan fingerprint density at radius 2 is 1.63 bits per heavy atom. The highest BCUT2D eigenvalue weighted by Gasteiger charge is 2.16. The number of nitrogens with one attached hydrogen (secondary N) is 2. The van der Waals surface area contributed by atoms with Gasteiger partial charge in [0.05, 0.1) is 22.0 Å². The van der Waals surface area contributed by atoms with Crippen LogP contribution in [0.2, 0.25) is 5.02 Å². The molecule has 6 heteroatoms. The zero-order valence-corrected chi connectivity index (χ0v) is 17.8. The van der Waals surface area contributed by atoms with Gasteiger partial charge in [-0.2, -0.15) is 0 Å². The Balaban J connectivity index is 1.67. The van der Waals surface area contributed by atoms with Gasteiger partial charge in [0.15, 0.2) is 6.61 Å². The molecule has 5 nitrogen and oxygen atoms in total. The average molecular weight is 423 g/mol. The lowest BCUT2D eigenvalue weighted by atomic mass is 10.1. The molecule has 0 aromatic heterocycles. The van der Waals surface area contributed by atoms with E-state index in [1.807, 2.05) is 51.1 Å². The lowest BCUT2D eigenvalue weighted by molar-refractivity contribution is -0.119. The number of para-hydroxylation sites is 1. The first-order valence-electron chi connectivity index (χ1n) is 9.50. The number of esters is 1. The van der Waals surface area contributed by atoms with E-state index in [1.54, 1.807) is 30.3 Å². The summed E-state index contributed by atoms with van der Waals surface area (Å²) >= 11 is 6.12. The number of rotatable bonds is 6. The van der Waals surface area contributed by atoms with Gasteiger partial charge in [-0.1, -0.05) is 41.9 Å². The van der Waals surface area contributed by atoms with Crippen LogP contribution in [0.15, 0.2) is 60.7 Å². The third-order valence-electron chi connectivity index (χ3n) is 4.75. The average Bonchev–Trinajstić information content (AvgIpc) is 2.72. The zero-order chi connectivity index (χ0) is 21.7. The first-order chi connectivity index (χ1) is 14.3. The van der Waals surface area contributed by atoms with E-state index in [0.29, 0.717) is 22.0 Å². The third kappa shape index (κ3) is 5.19. The highest BCUT2D eigenvalue weighted by atomic mass is 35.5. The fourth-order valence-electron chi connectivity index (χ4n) is 2.92. The summed E-state index contributed by atoms with van der Waals surface area (Å²) in [6.45, 7) is 5.53. The maximum atomic E-state index is 12.6. The summed E-state index contributed by atoms with van der Waals surface area (Å²) < 4.78 is 5.22. The normalized spacial score (nSPS) is 10.4. The predicted molar refractivity (Wildman–Crippen MR) is 121 cm³/mol. The van der Waals surface area contributed by atoms with E-state index in [2.05, 4.69) is 10.6 Å². The molecule has 0 bridgehead atoms. The Morgan fingerprint density at radius 3 is 2.40 bits per heavy atom. The number of benzene rings is 3. The Kier molecular flexibility index (Phi) is 6.75. The van der Waals surface area contributed by atoms with Crippen molar-refractivity contribution in [3.8, 4) is 0 Å². The van der Waals surface area contributed by atoms with Crippen LogP contribution in [0.1, 0.15) is 27.0 Å². The number of anilines is 3. The first kappa shape index (κ1) is 21.4. The molecule has 0 radical (unpaired) electrons. The molecular weight excluding hydrogens is 400 g/mol. The van der Waals surface area contributed by atoms with Gasteiger partial charge in [-0.15, -0.1) is 0 Å². The van der Waals surface area contributed by atoms with Gasteiger partial charge in [-0.3, -0.25) is 4.79 Å². The quantitative estimate of drug-likeness (QED) is 0.492. The van der Waals surface area contributed by atoms with Crippen molar-refractivity contribution in [3.63, 3.8) is 0 Å². The molecule has 0 unspecified atom stereocenters. The summed E-state index contributed by atoms with van der Waals surface area (Å²) in [6.07, 6.45) is 0. The van der Waals surface area contributed by atoms with Crippen molar-refractivity contribution in [2.75, 3.05) is 17.2 Å². The van der Waals surface area contributed by atoms with E-state index in [-0.39, 0.29) is 0 Å². The monoisotopic (exact) mass is 422 g/mol. The summed E-state index contributed by atoms with van der Waals surface area (Å²) in [6, 6.07) is 18.2. The van der Waals surface area contributed by atoms with Crippen molar-refractivity contribution in [2.45, 2.75) is 20.8 Å². The number of carbonyl (C=O) groups excluding carboxylic acids is 2. The number of aryl methyl sites for hydroxylation is 2. The van der Waals surface area contributed by atoms with Gasteiger partial charge in [-0.05, 0) is 67.8 Å². The van der Waals surface area contributed by atoms with Gasteiger partial charge in [-0.25, -0.2) is 4.79 Å². The summed E-state index contributed by atoms with van der Waals surface area (Å²) in [5.41, 5.74) is 5.55. The molecule has 0 fully saturated rings. The van der Waals surface area contributed by atoms with Crippen LogP contribution in [0.3, 0.4) is 0 Å². The fraction of sp³-hybridized carbons (Fsp3) is 0.167. The molecule has 154 valence electrons. The Morgan fingerprint density at radius 1 is 0.900 bits per heavy atom. The molecule has 0 aliphatic carbocycles. The molecule has 0 aliphatic rings. The zero-order valence-electron chi connectivity index (χ0n) is 17.1. The second-order valence-corrected chi connectivity index (χ2v) is 7.43. The van der Waals surface area contributed by atoms with E-state index in [4.69, 9.17) is 16.3 Å². The minimum Gasteiger partial charge on any atom is -0.452 e. The number of hydrogen-bond donors (Lipinski definition) is 2. The van der Waals surface area contributed by atoms with Crippen molar-refractivity contribution in [1.29, 1.82) is 0 Å². The second-order valence-electron chi connectivity index (χ2n) is 7.03. The van der Waals surface area contributed by atoms with Crippen LogP contribution >= 0.6 is 11.6 Å². The lowest BCUT2D eigenvalue weighted by Gasteiger charge is -2.14. The van der Waals surface area contributed by atoms with Crippen molar-refractivity contribution in [3.05, 3.63) is 87.9 Å². The van der Waals surface area contributed by atoms with Gasteiger partial charge in [0.25, 0.3) is 5.91 Å². The van der Waals surface area contributed by atoms with E-state index in [9.17, 15) is 9.59 Å². The SMILES string of the molecule is Cc1ccc(NC(=O)COC(=O)c2ccccc2Nc2cccc(C)c2C)c(Cl)c1. The van der Waals surface area contributed by atoms with E-state index in [1.165, 1.54) is 0 Å². The summed E-state index contributed by atoms with van der Waals surface area (Å²) in [4.78, 5) is 24.8. The molecule has 3 rings (SSSR count). The molecule has 3 aromatic carbocycles. The van der Waals surface area contributed by atoms with Crippen LogP contribution in [-0.4, -0.2) is 18.5 Å². The van der Waals surface area contributed by atoms with Crippen LogP contribution in [0.25, 0.3) is 0 Å². The van der Waals surface area contributed by atoms with Crippen LogP contribution in [-0.2, 0) is 9.53 Å². The largest absolute Gasteiger partial charge is 0.452 e. The number of hydrogen-bond acceptors (Lipinski definition) is 4. The molecule has 0 aliphatic heterocycles. The molecule has 30 heavy (non-hydrogen) atoms. The lowest BCUT2D eigenvalue weighted by Crippen LogP contribution is -2.21. The highest BCUT2D eigenvalue weighted by Crippen LogP contribution is 2.26. The second kappa shape index (κ2) is 9.46. The number of carbonyl (C=O) groups is 2. The van der Waals surface area contributed by atoms with Crippen LogP contribution in [0.4, 0.5) is 17.1 Å². The molecule has 0 saturated heterocycles. The topological polar surface area (TPSA) is 67.4 Å². The van der Waals surface area contributed by atoms with E-state index in [0.717, 1.165) is 22.4 Å². The van der Waals surface area contributed by atoms with Gasteiger partial charge in [0.1, 0.15) is 0 Å². The maximum absolute atomic E-state index is 12.6. The first-order valence-corrected chi connectivity index (χ1v) is 9.88. The van der Waals surface area contributed by atoms with Gasteiger partial charge in [0, 0.05) is 5.69 Å². The Bertz CT molecular complexity index is 1100. The smallest absolute Gasteiger partial charge is 0.340 e. The Hall–Kier alpha value is -3.31. The van der Waals surface area contributed by atoms with Gasteiger partial charge >= 0.3 is 5.97 Å². The number of halogens is 1. The highest BCUT2D eigenvalue weighted by molar-refractivity contribution is 6.33. The summed E-state index contributed by atoms with van der Waals surface area (Å²) in [5, 5.41) is 6.36. The minimum absolute atomic E-state index is 0.347. The van der Waals surface area contributed by atoms with Crippen molar-refractivity contribution in [1.82, 2.24) is 0 Å². The molecule has 3 aromatic rings. The fourth-order valence-corrected chi connectivity index (χ4v) is 3.20. The van der Waals surface area contributed by atoms with Crippen molar-refractivity contribution >= 4 is 40.5 Å². The standard InChI is InChI=1S/C24H23ClN2O3/c1-15-11-12-22(19(25)13-15)27-23(28)14-30-24(29)18-8-4-5-9-21(18)26-20-10-6-7-16(2)17(20)3/h4-13,26H,14H2,1-3H3,(H,27,28). The molecule has 1 amide bonds. The number of amides is 1.